The molecule has 1 saturated heterocycles. The molecule has 1 aromatic heterocycles. The van der Waals surface area contributed by atoms with Crippen molar-refractivity contribution in [1.82, 2.24) is 4.98 Å². The van der Waals surface area contributed by atoms with Crippen molar-refractivity contribution < 1.29 is 4.74 Å². The minimum absolute atomic E-state index is 0.364. The Bertz CT molecular complexity index is 370. The molecule has 2 rings (SSSR count). The molecule has 16 heavy (non-hydrogen) atoms. The number of halogens is 1. The van der Waals surface area contributed by atoms with Crippen LogP contribution in [0.15, 0.2) is 16.7 Å². The van der Waals surface area contributed by atoms with Gasteiger partial charge < -0.3 is 10.1 Å². The number of nitrogens with one attached hydrogen (secondary N) is 1. The van der Waals surface area contributed by atoms with Crippen LogP contribution in [-0.2, 0) is 4.74 Å². The van der Waals surface area contributed by atoms with Gasteiger partial charge in [0.2, 0.25) is 0 Å². The quantitative estimate of drug-likeness (QED) is 0.927. The number of pyridine rings is 1. The number of nitrogens with zero attached hydrogens (tertiary/aromatic N) is 1. The molecule has 3 nitrogen and oxygen atoms in total. The monoisotopic (exact) mass is 284 g/mol. The number of aromatic nitrogens is 1. The highest BCUT2D eigenvalue weighted by Gasteiger charge is 2.23. The molecular weight excluding hydrogens is 268 g/mol. The van der Waals surface area contributed by atoms with E-state index in [-0.39, 0.29) is 0 Å². The number of aryl methyl sites for hydroxylation is 1. The summed E-state index contributed by atoms with van der Waals surface area (Å²) in [5.74, 6) is 1.58. The normalized spacial score (nSPS) is 24.7. The fourth-order valence-electron chi connectivity index (χ4n) is 2.00. The Morgan fingerprint density at radius 3 is 3.06 bits per heavy atom. The second-order valence-corrected chi connectivity index (χ2v) is 5.24. The summed E-state index contributed by atoms with van der Waals surface area (Å²) < 4.78 is 6.56. The lowest BCUT2D eigenvalue weighted by Crippen LogP contribution is -2.21. The van der Waals surface area contributed by atoms with E-state index in [2.05, 4.69) is 46.1 Å². The maximum atomic E-state index is 5.54. The van der Waals surface area contributed by atoms with Gasteiger partial charge in [-0.25, -0.2) is 4.98 Å². The molecule has 2 heterocycles. The number of ether oxygens (including phenoxy) is 1. The summed E-state index contributed by atoms with van der Waals surface area (Å²) in [5, 5.41) is 3.40. The molecule has 0 radical (unpaired) electrons. The van der Waals surface area contributed by atoms with Gasteiger partial charge >= 0.3 is 0 Å². The summed E-state index contributed by atoms with van der Waals surface area (Å²) in [4.78, 5) is 4.37. The molecule has 1 aliphatic heterocycles. The molecule has 4 heteroatoms. The van der Waals surface area contributed by atoms with Crippen LogP contribution in [0, 0.1) is 12.8 Å². The summed E-state index contributed by atoms with van der Waals surface area (Å²) in [5.41, 5.74) is 1.17. The molecular formula is C12H17BrN2O. The summed E-state index contributed by atoms with van der Waals surface area (Å²) in [6.07, 6.45) is 3.33. The van der Waals surface area contributed by atoms with Crippen LogP contribution >= 0.6 is 15.9 Å². The molecule has 0 amide bonds. The van der Waals surface area contributed by atoms with Gasteiger partial charge in [-0.15, -0.1) is 0 Å². The molecule has 0 spiro atoms. The van der Waals surface area contributed by atoms with Crippen LogP contribution in [0.4, 0.5) is 5.82 Å². The predicted octanol–water partition coefficient (Wildman–Crippen LogP) is 2.99. The first kappa shape index (κ1) is 11.9. The third kappa shape index (κ3) is 2.74. The Morgan fingerprint density at radius 1 is 1.62 bits per heavy atom. The second kappa shape index (κ2) is 5.15. The zero-order chi connectivity index (χ0) is 11.5. The molecule has 0 saturated carbocycles. The summed E-state index contributed by atoms with van der Waals surface area (Å²) >= 11 is 3.41. The van der Waals surface area contributed by atoms with Gasteiger partial charge in [0.15, 0.2) is 0 Å². The Morgan fingerprint density at radius 2 is 2.44 bits per heavy atom. The van der Waals surface area contributed by atoms with E-state index in [4.69, 9.17) is 4.74 Å². The molecule has 0 bridgehead atoms. The standard InChI is InChI=1S/C12H17BrN2O/c1-8-5-11(13)7-15-12(8)14-6-10-3-4-16-9(10)2/h5,7,9-10H,3-4,6H2,1-2H3,(H,14,15). The predicted molar refractivity (Wildman–Crippen MR) is 68.7 cm³/mol. The Labute approximate surface area is 105 Å². The average Bonchev–Trinajstić information content (AvgIpc) is 2.63. The Hall–Kier alpha value is -0.610. The Balaban J connectivity index is 1.94. The van der Waals surface area contributed by atoms with E-state index in [1.54, 1.807) is 0 Å². The van der Waals surface area contributed by atoms with Gasteiger partial charge in [-0.1, -0.05) is 0 Å². The number of rotatable bonds is 3. The molecule has 1 fully saturated rings. The minimum atomic E-state index is 0.364. The fraction of sp³-hybridized carbons (Fsp3) is 0.583. The van der Waals surface area contributed by atoms with Gasteiger partial charge in [-0.2, -0.15) is 0 Å². The smallest absolute Gasteiger partial charge is 0.128 e. The van der Waals surface area contributed by atoms with Gasteiger partial charge in [-0.05, 0) is 47.8 Å². The zero-order valence-electron chi connectivity index (χ0n) is 9.66. The molecule has 1 N–H and O–H groups in total. The van der Waals surface area contributed by atoms with Gasteiger partial charge in [0.05, 0.1) is 6.10 Å². The maximum absolute atomic E-state index is 5.54. The number of hydrogen-bond donors (Lipinski definition) is 1. The molecule has 0 aliphatic carbocycles. The van der Waals surface area contributed by atoms with Gasteiger partial charge in [0, 0.05) is 29.7 Å². The van der Waals surface area contributed by atoms with Crippen molar-refractivity contribution >= 4 is 21.7 Å². The fourth-order valence-corrected chi connectivity index (χ4v) is 2.44. The Kier molecular flexibility index (Phi) is 3.82. The third-order valence-corrected chi connectivity index (χ3v) is 3.54. The first-order valence-electron chi connectivity index (χ1n) is 5.64. The second-order valence-electron chi connectivity index (χ2n) is 4.32. The van der Waals surface area contributed by atoms with E-state index < -0.39 is 0 Å². The lowest BCUT2D eigenvalue weighted by molar-refractivity contribution is 0.108. The van der Waals surface area contributed by atoms with E-state index in [0.717, 1.165) is 29.9 Å². The van der Waals surface area contributed by atoms with Crippen molar-refractivity contribution in [2.75, 3.05) is 18.5 Å². The zero-order valence-corrected chi connectivity index (χ0v) is 11.3. The van der Waals surface area contributed by atoms with Crippen molar-refractivity contribution in [3.63, 3.8) is 0 Å². The van der Waals surface area contributed by atoms with Crippen LogP contribution in [0.1, 0.15) is 18.9 Å². The number of hydrogen-bond acceptors (Lipinski definition) is 3. The van der Waals surface area contributed by atoms with Gasteiger partial charge in [0.25, 0.3) is 0 Å². The van der Waals surface area contributed by atoms with Gasteiger partial charge in [0.1, 0.15) is 5.82 Å². The van der Waals surface area contributed by atoms with E-state index in [9.17, 15) is 0 Å². The molecule has 1 aliphatic rings. The molecule has 2 atom stereocenters. The van der Waals surface area contributed by atoms with E-state index in [1.165, 1.54) is 5.56 Å². The first-order chi connectivity index (χ1) is 7.66. The van der Waals surface area contributed by atoms with Crippen LogP contribution in [0.2, 0.25) is 0 Å². The summed E-state index contributed by atoms with van der Waals surface area (Å²) in [6.45, 7) is 6.03. The molecule has 1 aromatic rings. The van der Waals surface area contributed by atoms with Crippen LogP contribution in [0.5, 0.6) is 0 Å². The van der Waals surface area contributed by atoms with Crippen LogP contribution in [0.25, 0.3) is 0 Å². The van der Waals surface area contributed by atoms with Gasteiger partial charge in [-0.3, -0.25) is 0 Å². The van der Waals surface area contributed by atoms with E-state index >= 15 is 0 Å². The van der Waals surface area contributed by atoms with Crippen LogP contribution in [-0.4, -0.2) is 24.2 Å². The maximum Gasteiger partial charge on any atom is 0.128 e. The van der Waals surface area contributed by atoms with Crippen molar-refractivity contribution in [3.05, 3.63) is 22.3 Å². The lowest BCUT2D eigenvalue weighted by atomic mass is 10.0. The minimum Gasteiger partial charge on any atom is -0.378 e. The van der Waals surface area contributed by atoms with E-state index in [0.29, 0.717) is 12.0 Å². The molecule has 0 aromatic carbocycles. The lowest BCUT2D eigenvalue weighted by Gasteiger charge is -2.16. The highest BCUT2D eigenvalue weighted by Crippen LogP contribution is 2.22. The molecule has 88 valence electrons. The first-order valence-corrected chi connectivity index (χ1v) is 6.43. The summed E-state index contributed by atoms with van der Waals surface area (Å²) in [6, 6.07) is 2.07. The van der Waals surface area contributed by atoms with Crippen LogP contribution < -0.4 is 5.32 Å². The number of anilines is 1. The largest absolute Gasteiger partial charge is 0.378 e. The highest BCUT2D eigenvalue weighted by molar-refractivity contribution is 9.10. The van der Waals surface area contributed by atoms with Crippen LogP contribution in [0.3, 0.4) is 0 Å². The SMILES string of the molecule is Cc1cc(Br)cnc1NCC1CCOC1C. The van der Waals surface area contributed by atoms with Crippen molar-refractivity contribution in [3.8, 4) is 0 Å². The molecule has 2 unspecified atom stereocenters. The van der Waals surface area contributed by atoms with Crippen molar-refractivity contribution in [2.24, 2.45) is 5.92 Å². The summed E-state index contributed by atoms with van der Waals surface area (Å²) in [7, 11) is 0. The third-order valence-electron chi connectivity index (χ3n) is 3.11. The van der Waals surface area contributed by atoms with Crippen molar-refractivity contribution in [2.45, 2.75) is 26.4 Å². The topological polar surface area (TPSA) is 34.2 Å². The average molecular weight is 285 g/mol. The van der Waals surface area contributed by atoms with Crippen molar-refractivity contribution in [1.29, 1.82) is 0 Å². The highest BCUT2D eigenvalue weighted by atomic mass is 79.9. The van der Waals surface area contributed by atoms with E-state index in [1.807, 2.05) is 6.20 Å².